The Labute approximate surface area is 121 Å². The quantitative estimate of drug-likeness (QED) is 0.741. The molecule has 2 N–H and O–H groups in total. The number of anilines is 1. The van der Waals surface area contributed by atoms with Crippen molar-refractivity contribution in [3.05, 3.63) is 28.5 Å². The first kappa shape index (κ1) is 12.5. The zero-order valence-corrected chi connectivity index (χ0v) is 12.4. The predicted molar refractivity (Wildman–Crippen MR) is 76.9 cm³/mol. The van der Waals surface area contributed by atoms with Gasteiger partial charge in [-0.05, 0) is 18.2 Å². The van der Waals surface area contributed by atoms with Gasteiger partial charge in [0.25, 0.3) is 0 Å². The number of methoxy groups -OCH3 is 1. The number of benzene rings is 1. The third-order valence-electron chi connectivity index (χ3n) is 2.57. The largest absolute Gasteiger partial charge is 0.398 e. The van der Waals surface area contributed by atoms with Gasteiger partial charge in [-0.15, -0.1) is 10.2 Å². The lowest BCUT2D eigenvalue weighted by Gasteiger charge is -2.01. The lowest BCUT2D eigenvalue weighted by atomic mass is 10.2. The Morgan fingerprint density at radius 1 is 1.42 bits per heavy atom. The molecule has 0 amide bonds. The Morgan fingerprint density at radius 3 is 3.00 bits per heavy atom. The standard InChI is InChI=1S/C11H10BrN5OS/c1-18-5-9-14-15-11-17(9)16-10(19-11)7-3-2-6(12)4-8(7)13/h2-4H,5,13H2,1H3. The van der Waals surface area contributed by atoms with Crippen molar-refractivity contribution in [2.45, 2.75) is 6.61 Å². The van der Waals surface area contributed by atoms with E-state index in [1.807, 2.05) is 18.2 Å². The summed E-state index contributed by atoms with van der Waals surface area (Å²) in [6.07, 6.45) is 0. The maximum Gasteiger partial charge on any atom is 0.235 e. The van der Waals surface area contributed by atoms with Gasteiger partial charge >= 0.3 is 0 Å². The highest BCUT2D eigenvalue weighted by molar-refractivity contribution is 9.10. The van der Waals surface area contributed by atoms with Gasteiger partial charge in [0.15, 0.2) is 5.82 Å². The number of hydrogen-bond acceptors (Lipinski definition) is 6. The van der Waals surface area contributed by atoms with Crippen molar-refractivity contribution < 1.29 is 4.74 Å². The van der Waals surface area contributed by atoms with Crippen molar-refractivity contribution in [1.82, 2.24) is 19.8 Å². The fourth-order valence-electron chi connectivity index (χ4n) is 1.71. The molecule has 0 spiro atoms. The van der Waals surface area contributed by atoms with Crippen LogP contribution in [0.1, 0.15) is 5.82 Å². The molecule has 0 aliphatic carbocycles. The molecule has 0 bridgehead atoms. The lowest BCUT2D eigenvalue weighted by Crippen LogP contribution is -1.98. The number of nitrogens with two attached hydrogens (primary N) is 1. The first-order valence-corrected chi connectivity index (χ1v) is 7.05. The second kappa shape index (κ2) is 4.87. The van der Waals surface area contributed by atoms with E-state index >= 15 is 0 Å². The highest BCUT2D eigenvalue weighted by Gasteiger charge is 2.14. The van der Waals surface area contributed by atoms with Gasteiger partial charge in [-0.1, -0.05) is 27.3 Å². The number of aromatic nitrogens is 4. The van der Waals surface area contributed by atoms with E-state index in [2.05, 4.69) is 31.2 Å². The lowest BCUT2D eigenvalue weighted by molar-refractivity contribution is 0.176. The number of nitrogens with zero attached hydrogens (tertiary/aromatic N) is 4. The molecule has 0 radical (unpaired) electrons. The van der Waals surface area contributed by atoms with Gasteiger partial charge in [-0.3, -0.25) is 0 Å². The number of halogens is 1. The molecular weight excluding hydrogens is 330 g/mol. The summed E-state index contributed by atoms with van der Waals surface area (Å²) in [5.74, 6) is 0.677. The van der Waals surface area contributed by atoms with Crippen LogP contribution in [-0.4, -0.2) is 26.9 Å². The van der Waals surface area contributed by atoms with Crippen LogP contribution in [0.4, 0.5) is 5.69 Å². The summed E-state index contributed by atoms with van der Waals surface area (Å²) in [6.45, 7) is 0.375. The van der Waals surface area contributed by atoms with Gasteiger partial charge in [0, 0.05) is 22.8 Å². The Kier molecular flexibility index (Phi) is 3.21. The van der Waals surface area contributed by atoms with E-state index in [1.165, 1.54) is 11.3 Å². The Morgan fingerprint density at radius 2 is 2.26 bits per heavy atom. The zero-order valence-electron chi connectivity index (χ0n) is 10.00. The number of nitrogen functional groups attached to an aromatic ring is 1. The molecule has 2 heterocycles. The molecule has 0 saturated carbocycles. The van der Waals surface area contributed by atoms with Crippen LogP contribution >= 0.6 is 27.3 Å². The highest BCUT2D eigenvalue weighted by Crippen LogP contribution is 2.31. The van der Waals surface area contributed by atoms with E-state index in [-0.39, 0.29) is 0 Å². The van der Waals surface area contributed by atoms with Crippen LogP contribution in [0.15, 0.2) is 22.7 Å². The molecule has 0 aliphatic heterocycles. The van der Waals surface area contributed by atoms with Crippen molar-refractivity contribution in [3.8, 4) is 10.6 Å². The van der Waals surface area contributed by atoms with Gasteiger partial charge < -0.3 is 10.5 Å². The van der Waals surface area contributed by atoms with Crippen LogP contribution < -0.4 is 5.73 Å². The molecule has 0 fully saturated rings. The third kappa shape index (κ3) is 2.22. The summed E-state index contributed by atoms with van der Waals surface area (Å²) in [6, 6.07) is 5.72. The Balaban J connectivity index is 2.10. The van der Waals surface area contributed by atoms with Crippen molar-refractivity contribution in [2.75, 3.05) is 12.8 Å². The van der Waals surface area contributed by atoms with Crippen LogP contribution in [0, 0.1) is 0 Å². The molecular formula is C11H10BrN5OS. The molecule has 0 unspecified atom stereocenters. The SMILES string of the molecule is COCc1nnc2sc(-c3ccc(Br)cc3N)nn12. The molecule has 2 aromatic heterocycles. The number of ether oxygens (including phenoxy) is 1. The summed E-state index contributed by atoms with van der Waals surface area (Å²) in [7, 11) is 1.61. The number of hydrogen-bond donors (Lipinski definition) is 1. The predicted octanol–water partition coefficient (Wildman–Crippen LogP) is 2.34. The van der Waals surface area contributed by atoms with Crippen LogP contribution in [0.3, 0.4) is 0 Å². The van der Waals surface area contributed by atoms with E-state index in [4.69, 9.17) is 10.5 Å². The molecule has 1 aromatic carbocycles. The summed E-state index contributed by atoms with van der Waals surface area (Å²) in [5.41, 5.74) is 7.57. The summed E-state index contributed by atoms with van der Waals surface area (Å²) in [4.78, 5) is 0.726. The van der Waals surface area contributed by atoms with Crippen LogP contribution in [0.25, 0.3) is 15.5 Å². The monoisotopic (exact) mass is 339 g/mol. The summed E-state index contributed by atoms with van der Waals surface area (Å²) >= 11 is 4.83. The van der Waals surface area contributed by atoms with Crippen LogP contribution in [-0.2, 0) is 11.3 Å². The fourth-order valence-corrected chi connectivity index (χ4v) is 3.00. The molecule has 6 nitrogen and oxygen atoms in total. The number of fused-ring (bicyclic) bond motifs is 1. The van der Waals surface area contributed by atoms with Gasteiger partial charge in [-0.2, -0.15) is 9.61 Å². The van der Waals surface area contributed by atoms with Gasteiger partial charge in [0.2, 0.25) is 4.96 Å². The molecule has 0 atom stereocenters. The minimum atomic E-state index is 0.375. The fraction of sp³-hybridized carbons (Fsp3) is 0.182. The average molecular weight is 340 g/mol. The Hall–Kier alpha value is -1.51. The van der Waals surface area contributed by atoms with E-state index in [0.29, 0.717) is 18.1 Å². The Bertz CT molecular complexity index is 738. The normalized spacial score (nSPS) is 11.3. The summed E-state index contributed by atoms with van der Waals surface area (Å²) < 4.78 is 7.69. The topological polar surface area (TPSA) is 78.3 Å². The van der Waals surface area contributed by atoms with E-state index < -0.39 is 0 Å². The molecule has 8 heteroatoms. The molecule has 19 heavy (non-hydrogen) atoms. The van der Waals surface area contributed by atoms with Gasteiger partial charge in [-0.25, -0.2) is 0 Å². The molecule has 0 saturated heterocycles. The smallest absolute Gasteiger partial charge is 0.235 e. The van der Waals surface area contributed by atoms with E-state index in [1.54, 1.807) is 11.6 Å². The second-order valence-electron chi connectivity index (χ2n) is 3.88. The molecule has 3 aromatic rings. The maximum atomic E-state index is 6.01. The minimum absolute atomic E-state index is 0.375. The van der Waals surface area contributed by atoms with E-state index in [9.17, 15) is 0 Å². The number of rotatable bonds is 3. The first-order valence-electron chi connectivity index (χ1n) is 5.44. The van der Waals surface area contributed by atoms with Crippen molar-refractivity contribution >= 4 is 37.9 Å². The van der Waals surface area contributed by atoms with Crippen molar-refractivity contribution in [3.63, 3.8) is 0 Å². The van der Waals surface area contributed by atoms with Crippen LogP contribution in [0.5, 0.6) is 0 Å². The van der Waals surface area contributed by atoms with Crippen molar-refractivity contribution in [1.29, 1.82) is 0 Å². The molecule has 98 valence electrons. The van der Waals surface area contributed by atoms with Crippen molar-refractivity contribution in [2.24, 2.45) is 0 Å². The first-order chi connectivity index (χ1) is 9.19. The molecule has 0 aliphatic rings. The second-order valence-corrected chi connectivity index (χ2v) is 5.75. The summed E-state index contributed by atoms with van der Waals surface area (Å²) in [5, 5.41) is 13.4. The third-order valence-corrected chi connectivity index (χ3v) is 4.00. The maximum absolute atomic E-state index is 6.01. The van der Waals surface area contributed by atoms with Crippen LogP contribution in [0.2, 0.25) is 0 Å². The van der Waals surface area contributed by atoms with Gasteiger partial charge in [0.05, 0.1) is 0 Å². The molecule has 3 rings (SSSR count). The van der Waals surface area contributed by atoms with Gasteiger partial charge in [0.1, 0.15) is 11.6 Å². The van der Waals surface area contributed by atoms with E-state index in [0.717, 1.165) is 20.0 Å². The highest BCUT2D eigenvalue weighted by atomic mass is 79.9. The average Bonchev–Trinajstić information content (AvgIpc) is 2.91. The minimum Gasteiger partial charge on any atom is -0.398 e. The zero-order chi connectivity index (χ0) is 13.4.